The van der Waals surface area contributed by atoms with Crippen LogP contribution in [0.2, 0.25) is 0 Å². The van der Waals surface area contributed by atoms with Crippen LogP contribution in [-0.4, -0.2) is 59.1 Å². The third-order valence-corrected chi connectivity index (χ3v) is 6.09. The number of allylic oxidation sites excluding steroid dienone is 2. The van der Waals surface area contributed by atoms with Crippen LogP contribution in [0.5, 0.6) is 0 Å². The first kappa shape index (κ1) is 18.7. The number of nitrogens with one attached hydrogen (secondary N) is 2. The molecule has 5 unspecified atom stereocenters. The molecule has 0 radical (unpaired) electrons. The maximum atomic E-state index is 12.7. The topological polar surface area (TPSA) is 91.6 Å². The van der Waals surface area contributed by atoms with Crippen molar-refractivity contribution in [1.82, 2.24) is 25.3 Å². The smallest absolute Gasteiger partial charge is 0.233 e. The van der Waals surface area contributed by atoms with Crippen LogP contribution < -0.4 is 10.6 Å². The molecule has 1 aliphatic heterocycles. The SMILES string of the molecule is CN=C(NCCN1C(=O)C2C3C=CC(C3)C2C1=O)NCC(C)Cn1cccn1. The van der Waals surface area contributed by atoms with Crippen molar-refractivity contribution in [2.45, 2.75) is 19.9 Å². The molecule has 5 atom stereocenters. The lowest BCUT2D eigenvalue weighted by Crippen LogP contribution is -2.44. The molecular formula is C20H28N6O2. The number of hydrogen-bond donors (Lipinski definition) is 2. The molecule has 28 heavy (non-hydrogen) atoms. The summed E-state index contributed by atoms with van der Waals surface area (Å²) in [5.74, 6) is 1.33. The molecule has 2 N–H and O–H groups in total. The van der Waals surface area contributed by atoms with Crippen LogP contribution >= 0.6 is 0 Å². The van der Waals surface area contributed by atoms with E-state index < -0.39 is 0 Å². The second-order valence-electron chi connectivity index (χ2n) is 8.04. The minimum absolute atomic E-state index is 0.00411. The van der Waals surface area contributed by atoms with Gasteiger partial charge in [0.2, 0.25) is 11.8 Å². The molecule has 8 nitrogen and oxygen atoms in total. The third kappa shape index (κ3) is 3.43. The monoisotopic (exact) mass is 384 g/mol. The molecule has 3 aliphatic rings. The van der Waals surface area contributed by atoms with Gasteiger partial charge >= 0.3 is 0 Å². The molecule has 2 heterocycles. The zero-order valence-corrected chi connectivity index (χ0v) is 16.4. The number of imide groups is 1. The lowest BCUT2D eigenvalue weighted by molar-refractivity contribution is -0.140. The lowest BCUT2D eigenvalue weighted by atomic mass is 9.85. The normalized spacial score (nSPS) is 29.5. The maximum Gasteiger partial charge on any atom is 0.233 e. The van der Waals surface area contributed by atoms with Gasteiger partial charge in [-0.2, -0.15) is 5.10 Å². The summed E-state index contributed by atoms with van der Waals surface area (Å²) in [7, 11) is 1.72. The molecule has 2 bridgehead atoms. The van der Waals surface area contributed by atoms with Gasteiger partial charge in [0.25, 0.3) is 0 Å². The van der Waals surface area contributed by atoms with E-state index in [0.717, 1.165) is 19.5 Å². The number of guanidine groups is 1. The highest BCUT2D eigenvalue weighted by molar-refractivity contribution is 6.06. The van der Waals surface area contributed by atoms with Gasteiger partial charge in [0, 0.05) is 45.6 Å². The second-order valence-corrected chi connectivity index (χ2v) is 8.04. The zero-order valence-electron chi connectivity index (χ0n) is 16.4. The van der Waals surface area contributed by atoms with E-state index in [0.29, 0.717) is 25.0 Å². The summed E-state index contributed by atoms with van der Waals surface area (Å²) in [6.07, 6.45) is 8.93. The summed E-state index contributed by atoms with van der Waals surface area (Å²) in [6.45, 7) is 4.60. The minimum Gasteiger partial charge on any atom is -0.356 e. The van der Waals surface area contributed by atoms with Gasteiger partial charge in [-0.05, 0) is 30.2 Å². The van der Waals surface area contributed by atoms with E-state index in [4.69, 9.17) is 0 Å². The van der Waals surface area contributed by atoms with Gasteiger partial charge in [0.05, 0.1) is 11.8 Å². The highest BCUT2D eigenvalue weighted by atomic mass is 16.2. The zero-order chi connectivity index (χ0) is 19.7. The van der Waals surface area contributed by atoms with Gasteiger partial charge in [0.1, 0.15) is 0 Å². The molecular weight excluding hydrogens is 356 g/mol. The van der Waals surface area contributed by atoms with Crippen molar-refractivity contribution < 1.29 is 9.59 Å². The van der Waals surface area contributed by atoms with Crippen LogP contribution in [0.4, 0.5) is 0 Å². The summed E-state index contributed by atoms with van der Waals surface area (Å²) >= 11 is 0. The molecule has 2 fully saturated rings. The Kier molecular flexibility index (Phi) is 5.19. The maximum absolute atomic E-state index is 12.7. The van der Waals surface area contributed by atoms with E-state index in [1.165, 1.54) is 4.90 Å². The van der Waals surface area contributed by atoms with Gasteiger partial charge in [-0.25, -0.2) is 0 Å². The summed E-state index contributed by atoms with van der Waals surface area (Å²) in [5, 5.41) is 10.7. The fourth-order valence-corrected chi connectivity index (χ4v) is 4.75. The van der Waals surface area contributed by atoms with Crippen molar-refractivity contribution >= 4 is 17.8 Å². The van der Waals surface area contributed by atoms with E-state index in [1.54, 1.807) is 13.2 Å². The number of amides is 2. The van der Waals surface area contributed by atoms with E-state index in [-0.39, 0.29) is 35.5 Å². The molecule has 1 saturated carbocycles. The number of aromatic nitrogens is 2. The third-order valence-electron chi connectivity index (χ3n) is 6.09. The van der Waals surface area contributed by atoms with Gasteiger partial charge in [-0.15, -0.1) is 0 Å². The van der Waals surface area contributed by atoms with E-state index in [2.05, 4.69) is 39.8 Å². The Labute approximate surface area is 165 Å². The largest absolute Gasteiger partial charge is 0.356 e. The first-order valence-corrected chi connectivity index (χ1v) is 10.0. The molecule has 1 aromatic rings. The Balaban J connectivity index is 1.22. The predicted molar refractivity (Wildman–Crippen MR) is 105 cm³/mol. The molecule has 0 aromatic carbocycles. The van der Waals surface area contributed by atoms with Gasteiger partial charge in [-0.1, -0.05) is 19.1 Å². The Morgan fingerprint density at radius 1 is 1.25 bits per heavy atom. The van der Waals surface area contributed by atoms with Crippen LogP contribution in [0.3, 0.4) is 0 Å². The highest BCUT2D eigenvalue weighted by Gasteiger charge is 2.58. The number of aliphatic imine (C=N–C) groups is 1. The van der Waals surface area contributed by atoms with Crippen molar-refractivity contribution in [1.29, 1.82) is 0 Å². The summed E-state index contributed by atoms with van der Waals surface area (Å²) in [4.78, 5) is 31.0. The summed E-state index contributed by atoms with van der Waals surface area (Å²) < 4.78 is 1.91. The average molecular weight is 384 g/mol. The van der Waals surface area contributed by atoms with E-state index in [9.17, 15) is 9.59 Å². The molecule has 1 saturated heterocycles. The number of rotatable bonds is 7. The second kappa shape index (κ2) is 7.77. The fourth-order valence-electron chi connectivity index (χ4n) is 4.75. The van der Waals surface area contributed by atoms with Crippen LogP contribution in [0, 0.1) is 29.6 Å². The Morgan fingerprint density at radius 2 is 1.96 bits per heavy atom. The number of hydrogen-bond acceptors (Lipinski definition) is 4. The molecule has 2 amide bonds. The highest BCUT2D eigenvalue weighted by Crippen LogP contribution is 2.52. The molecule has 8 heteroatoms. The molecule has 4 rings (SSSR count). The average Bonchev–Trinajstić information content (AvgIpc) is 3.46. The molecule has 1 aromatic heterocycles. The number of likely N-dealkylation sites (tertiary alicyclic amines) is 1. The quantitative estimate of drug-likeness (QED) is 0.309. The van der Waals surface area contributed by atoms with Crippen molar-refractivity contribution in [3.63, 3.8) is 0 Å². The Hall–Kier alpha value is -2.64. The minimum atomic E-state index is -0.122. The van der Waals surface area contributed by atoms with E-state index in [1.807, 2.05) is 16.9 Å². The van der Waals surface area contributed by atoms with Crippen molar-refractivity contribution in [3.8, 4) is 0 Å². The summed E-state index contributed by atoms with van der Waals surface area (Å²) in [5.41, 5.74) is 0. The van der Waals surface area contributed by atoms with Crippen molar-refractivity contribution in [2.24, 2.45) is 34.6 Å². The number of nitrogens with zero attached hydrogens (tertiary/aromatic N) is 4. The summed E-state index contributed by atoms with van der Waals surface area (Å²) in [6, 6.07) is 1.91. The first-order chi connectivity index (χ1) is 13.6. The standard InChI is InChI=1S/C20H28N6O2/c1-13(12-25-8-3-6-24-25)11-23-20(21-2)22-7-9-26-18(27)16-14-4-5-15(10-14)17(16)19(26)28/h3-6,8,13-17H,7,9-12H2,1-2H3,(H2,21,22,23). The molecule has 150 valence electrons. The predicted octanol–water partition coefficient (Wildman–Crippen LogP) is 0.491. The fraction of sp³-hybridized carbons (Fsp3) is 0.600. The molecule has 0 spiro atoms. The van der Waals surface area contributed by atoms with Crippen molar-refractivity contribution in [2.75, 3.05) is 26.7 Å². The van der Waals surface area contributed by atoms with Crippen LogP contribution in [0.1, 0.15) is 13.3 Å². The van der Waals surface area contributed by atoms with Crippen molar-refractivity contribution in [3.05, 3.63) is 30.6 Å². The Bertz CT molecular complexity index is 757. The molecule has 2 aliphatic carbocycles. The van der Waals surface area contributed by atoms with Gasteiger partial charge in [0.15, 0.2) is 5.96 Å². The van der Waals surface area contributed by atoms with E-state index >= 15 is 0 Å². The number of fused-ring (bicyclic) bond motifs is 5. The number of carbonyl (C=O) groups is 2. The van der Waals surface area contributed by atoms with Crippen LogP contribution in [0.25, 0.3) is 0 Å². The van der Waals surface area contributed by atoms with Gasteiger partial charge in [-0.3, -0.25) is 24.2 Å². The van der Waals surface area contributed by atoms with Gasteiger partial charge < -0.3 is 10.6 Å². The van der Waals surface area contributed by atoms with Crippen LogP contribution in [0.15, 0.2) is 35.6 Å². The lowest BCUT2D eigenvalue weighted by Gasteiger charge is -2.19. The first-order valence-electron chi connectivity index (χ1n) is 10.0. The van der Waals surface area contributed by atoms with Crippen LogP contribution in [-0.2, 0) is 16.1 Å². The Morgan fingerprint density at radius 3 is 2.57 bits per heavy atom. The number of carbonyl (C=O) groups excluding carboxylic acids is 2.